The van der Waals surface area contributed by atoms with Gasteiger partial charge >= 0.3 is 5.97 Å². The first-order chi connectivity index (χ1) is 8.58. The first-order valence-corrected chi connectivity index (χ1v) is 6.47. The lowest BCUT2D eigenvalue weighted by Gasteiger charge is -2.12. The average Bonchev–Trinajstić information content (AvgIpc) is 2.73. The number of carboxylic acids is 1. The molecule has 2 rings (SSSR count). The number of hydrogen-bond acceptors (Lipinski definition) is 2. The summed E-state index contributed by atoms with van der Waals surface area (Å²) in [5, 5.41) is 11.2. The molecule has 18 heavy (non-hydrogen) atoms. The van der Waals surface area contributed by atoms with Crippen LogP contribution in [-0.4, -0.2) is 11.1 Å². The maximum Gasteiger partial charge on any atom is 0.311 e. The average molecular weight is 264 g/mol. The van der Waals surface area contributed by atoms with E-state index in [1.54, 1.807) is 11.3 Å². The molecule has 1 unspecified atom stereocenters. The molecule has 1 N–H and O–H groups in total. The number of thiophene rings is 1. The first kappa shape index (κ1) is 12.8. The lowest BCUT2D eigenvalue weighted by Crippen LogP contribution is -2.14. The van der Waals surface area contributed by atoms with Crippen LogP contribution in [0.3, 0.4) is 0 Å². The Morgan fingerprint density at radius 2 is 2.00 bits per heavy atom. The Balaban J connectivity index is 2.27. The van der Waals surface area contributed by atoms with Crippen molar-refractivity contribution in [1.29, 1.82) is 0 Å². The molecule has 1 aromatic heterocycles. The van der Waals surface area contributed by atoms with E-state index in [0.29, 0.717) is 12.0 Å². The molecular formula is C14H13FO2S. The molecule has 0 amide bonds. The molecule has 1 atom stereocenters. The smallest absolute Gasteiger partial charge is 0.311 e. The van der Waals surface area contributed by atoms with Crippen molar-refractivity contribution in [1.82, 2.24) is 0 Å². The van der Waals surface area contributed by atoms with Gasteiger partial charge in [-0.05, 0) is 48.1 Å². The van der Waals surface area contributed by atoms with E-state index >= 15 is 0 Å². The van der Waals surface area contributed by atoms with Crippen LogP contribution in [0.4, 0.5) is 4.39 Å². The zero-order chi connectivity index (χ0) is 13.1. The number of rotatable bonds is 4. The summed E-state index contributed by atoms with van der Waals surface area (Å²) in [6.07, 6.45) is 0.449. The molecule has 0 bridgehead atoms. The first-order valence-electron chi connectivity index (χ1n) is 5.59. The fraction of sp³-hybridized carbons (Fsp3) is 0.214. The predicted octanol–water partition coefficient (Wildman–Crippen LogP) is 3.61. The maximum absolute atomic E-state index is 12.8. The van der Waals surface area contributed by atoms with E-state index in [0.717, 1.165) is 10.4 Å². The maximum atomic E-state index is 12.8. The number of carboxylic acid groups (broad SMARTS) is 1. The van der Waals surface area contributed by atoms with E-state index in [1.807, 2.05) is 18.4 Å². The van der Waals surface area contributed by atoms with E-state index in [-0.39, 0.29) is 5.82 Å². The minimum Gasteiger partial charge on any atom is -0.481 e. The number of carbonyl (C=O) groups is 1. The highest BCUT2D eigenvalue weighted by Gasteiger charge is 2.21. The Hall–Kier alpha value is -1.68. The molecule has 0 spiro atoms. The monoisotopic (exact) mass is 264 g/mol. The molecule has 2 aromatic rings. The predicted molar refractivity (Wildman–Crippen MR) is 69.5 cm³/mol. The molecule has 0 aliphatic carbocycles. The molecule has 0 saturated carbocycles. The molecule has 4 heteroatoms. The van der Waals surface area contributed by atoms with Crippen LogP contribution in [0.2, 0.25) is 0 Å². The number of aryl methyl sites for hydroxylation is 1. The van der Waals surface area contributed by atoms with Gasteiger partial charge in [-0.2, -0.15) is 0 Å². The van der Waals surface area contributed by atoms with Crippen molar-refractivity contribution in [3.8, 4) is 0 Å². The van der Waals surface area contributed by atoms with Crippen LogP contribution in [0.25, 0.3) is 0 Å². The molecule has 1 aromatic carbocycles. The zero-order valence-electron chi connectivity index (χ0n) is 9.89. The highest BCUT2D eigenvalue weighted by molar-refractivity contribution is 7.10. The summed E-state index contributed by atoms with van der Waals surface area (Å²) < 4.78 is 12.8. The third-order valence-corrected chi connectivity index (χ3v) is 3.97. The van der Waals surface area contributed by atoms with Gasteiger partial charge in [0.25, 0.3) is 0 Å². The topological polar surface area (TPSA) is 37.3 Å². The molecule has 2 nitrogen and oxygen atoms in total. The van der Waals surface area contributed by atoms with E-state index in [2.05, 4.69) is 0 Å². The van der Waals surface area contributed by atoms with Crippen molar-refractivity contribution >= 4 is 17.3 Å². The fourth-order valence-electron chi connectivity index (χ4n) is 1.84. The van der Waals surface area contributed by atoms with Crippen molar-refractivity contribution in [3.05, 3.63) is 57.5 Å². The second-order valence-electron chi connectivity index (χ2n) is 4.17. The molecule has 0 aliphatic heterocycles. The summed E-state index contributed by atoms with van der Waals surface area (Å²) in [5.41, 5.74) is 1.74. The number of aliphatic carboxylic acids is 1. The Morgan fingerprint density at radius 3 is 2.50 bits per heavy atom. The third kappa shape index (κ3) is 2.76. The van der Waals surface area contributed by atoms with E-state index < -0.39 is 11.9 Å². The number of hydrogen-bond donors (Lipinski definition) is 1. The highest BCUT2D eigenvalue weighted by Crippen LogP contribution is 2.26. The molecule has 0 fully saturated rings. The summed E-state index contributed by atoms with van der Waals surface area (Å²) in [7, 11) is 0. The molecule has 0 saturated heterocycles. The van der Waals surface area contributed by atoms with Gasteiger partial charge in [0.2, 0.25) is 0 Å². The molecular weight excluding hydrogens is 251 g/mol. The van der Waals surface area contributed by atoms with E-state index in [4.69, 9.17) is 0 Å². The summed E-state index contributed by atoms with van der Waals surface area (Å²) in [6.45, 7) is 1.97. The second kappa shape index (κ2) is 5.31. The molecule has 94 valence electrons. The SMILES string of the molecule is Cc1ccsc1CC(C(=O)O)c1ccc(F)cc1. The molecule has 1 heterocycles. The molecule has 0 radical (unpaired) electrons. The van der Waals surface area contributed by atoms with Gasteiger partial charge in [-0.3, -0.25) is 4.79 Å². The summed E-state index contributed by atoms with van der Waals surface area (Å²) in [4.78, 5) is 12.4. The van der Waals surface area contributed by atoms with Gasteiger partial charge in [0.05, 0.1) is 5.92 Å². The summed E-state index contributed by atoms with van der Waals surface area (Å²) in [6, 6.07) is 7.65. The van der Waals surface area contributed by atoms with Gasteiger partial charge in [-0.15, -0.1) is 11.3 Å². The van der Waals surface area contributed by atoms with Crippen LogP contribution in [-0.2, 0) is 11.2 Å². The van der Waals surface area contributed by atoms with Gasteiger partial charge in [-0.25, -0.2) is 4.39 Å². The third-order valence-electron chi connectivity index (χ3n) is 2.93. The van der Waals surface area contributed by atoms with Crippen molar-refractivity contribution in [2.45, 2.75) is 19.3 Å². The van der Waals surface area contributed by atoms with Crippen LogP contribution in [0.1, 0.15) is 21.9 Å². The van der Waals surface area contributed by atoms with Crippen LogP contribution in [0.15, 0.2) is 35.7 Å². The van der Waals surface area contributed by atoms with Gasteiger partial charge in [0.15, 0.2) is 0 Å². The van der Waals surface area contributed by atoms with Crippen molar-refractivity contribution in [2.24, 2.45) is 0 Å². The Morgan fingerprint density at radius 1 is 1.33 bits per heavy atom. The summed E-state index contributed by atoms with van der Waals surface area (Å²) >= 11 is 1.56. The quantitative estimate of drug-likeness (QED) is 0.916. The minimum atomic E-state index is -0.880. The van der Waals surface area contributed by atoms with Crippen LogP contribution < -0.4 is 0 Å². The lowest BCUT2D eigenvalue weighted by atomic mass is 9.94. The zero-order valence-corrected chi connectivity index (χ0v) is 10.7. The van der Waals surface area contributed by atoms with E-state index in [9.17, 15) is 14.3 Å². The highest BCUT2D eigenvalue weighted by atomic mass is 32.1. The Bertz CT molecular complexity index is 545. The Kier molecular flexibility index (Phi) is 3.77. The summed E-state index contributed by atoms with van der Waals surface area (Å²) in [5.74, 6) is -1.85. The van der Waals surface area contributed by atoms with Crippen LogP contribution >= 0.6 is 11.3 Å². The largest absolute Gasteiger partial charge is 0.481 e. The van der Waals surface area contributed by atoms with Crippen molar-refractivity contribution < 1.29 is 14.3 Å². The Labute approximate surface area is 109 Å². The molecule has 0 aliphatic rings. The fourth-order valence-corrected chi connectivity index (χ4v) is 2.79. The van der Waals surface area contributed by atoms with E-state index in [1.165, 1.54) is 24.3 Å². The van der Waals surface area contributed by atoms with Crippen molar-refractivity contribution in [2.75, 3.05) is 0 Å². The van der Waals surface area contributed by atoms with Gasteiger partial charge in [0.1, 0.15) is 5.82 Å². The van der Waals surface area contributed by atoms with Crippen LogP contribution in [0, 0.1) is 12.7 Å². The normalized spacial score (nSPS) is 12.3. The van der Waals surface area contributed by atoms with Gasteiger partial charge < -0.3 is 5.11 Å². The number of halogens is 1. The standard InChI is InChI=1S/C14H13FO2S/c1-9-6-7-18-13(9)8-12(14(16)17)10-2-4-11(15)5-3-10/h2-7,12H,8H2,1H3,(H,16,17). The van der Waals surface area contributed by atoms with Gasteiger partial charge in [0, 0.05) is 4.88 Å². The van der Waals surface area contributed by atoms with Crippen LogP contribution in [0.5, 0.6) is 0 Å². The second-order valence-corrected chi connectivity index (χ2v) is 5.17. The van der Waals surface area contributed by atoms with Crippen molar-refractivity contribution in [3.63, 3.8) is 0 Å². The minimum absolute atomic E-state index is 0.352. The number of benzene rings is 1. The van der Waals surface area contributed by atoms with Gasteiger partial charge in [-0.1, -0.05) is 12.1 Å². The lowest BCUT2D eigenvalue weighted by molar-refractivity contribution is -0.138.